The van der Waals surface area contributed by atoms with Crippen LogP contribution in [0.15, 0.2) is 18.2 Å². The average Bonchev–Trinajstić information content (AvgIpc) is 2.17. The van der Waals surface area contributed by atoms with Gasteiger partial charge in [0.25, 0.3) is 0 Å². The summed E-state index contributed by atoms with van der Waals surface area (Å²) in [7, 11) is -1.75. The molecule has 0 saturated heterocycles. The Bertz CT molecular complexity index is 323. The third kappa shape index (κ3) is 3.72. The van der Waals surface area contributed by atoms with E-state index in [9.17, 15) is 0 Å². The molecule has 0 saturated carbocycles. The first-order chi connectivity index (χ1) is 7.50. The lowest BCUT2D eigenvalue weighted by molar-refractivity contribution is 1.36. The lowest BCUT2D eigenvalue weighted by Gasteiger charge is -2.22. The fraction of sp³-hybridized carbons (Fsp3) is 0.500. The second kappa shape index (κ2) is 6.38. The normalized spacial score (nSPS) is 11.8. The summed E-state index contributed by atoms with van der Waals surface area (Å²) >= 11 is 10.4. The number of thioether (sulfide) groups is 2. The van der Waals surface area contributed by atoms with Crippen molar-refractivity contribution in [2.45, 2.75) is 24.6 Å². The predicted octanol–water partition coefficient (Wildman–Crippen LogP) is 4.06. The Kier molecular flexibility index (Phi) is 5.78. The second-order valence-electron chi connectivity index (χ2n) is 4.29. The van der Waals surface area contributed by atoms with Gasteiger partial charge >= 0.3 is 0 Å². The Morgan fingerprint density at radius 3 is 1.81 bits per heavy atom. The van der Waals surface area contributed by atoms with Crippen LogP contribution in [0.5, 0.6) is 0 Å². The van der Waals surface area contributed by atoms with Gasteiger partial charge in [-0.05, 0) is 28.8 Å². The van der Waals surface area contributed by atoms with Crippen molar-refractivity contribution >= 4 is 47.2 Å². The fourth-order valence-corrected chi connectivity index (χ4v) is 5.93. The monoisotopic (exact) mass is 290 g/mol. The van der Waals surface area contributed by atoms with Gasteiger partial charge in [0.05, 0.1) is 0 Å². The zero-order valence-electron chi connectivity index (χ0n) is 10.3. The molecule has 0 spiro atoms. The molecule has 1 aromatic rings. The number of hydrogen-bond donors (Lipinski definition) is 0. The lowest BCUT2D eigenvalue weighted by Crippen LogP contribution is -2.40. The molecule has 0 atom stereocenters. The van der Waals surface area contributed by atoms with Crippen molar-refractivity contribution in [2.24, 2.45) is 0 Å². The van der Waals surface area contributed by atoms with E-state index in [4.69, 9.17) is 11.1 Å². The molecule has 1 rings (SSSR count). The Hall–Kier alpha value is 0.427. The van der Waals surface area contributed by atoms with Crippen LogP contribution in [0, 0.1) is 0 Å². The van der Waals surface area contributed by atoms with Gasteiger partial charge in [0, 0.05) is 11.5 Å². The number of benzene rings is 1. The first-order valence-corrected chi connectivity index (χ1v) is 12.1. The van der Waals surface area contributed by atoms with Gasteiger partial charge in [0.1, 0.15) is 0 Å². The first-order valence-electron chi connectivity index (χ1n) is 5.28. The van der Waals surface area contributed by atoms with Crippen molar-refractivity contribution in [3.05, 3.63) is 29.3 Å². The topological polar surface area (TPSA) is 0 Å². The minimum Gasteiger partial charge on any atom is -0.161 e. The van der Waals surface area contributed by atoms with Crippen LogP contribution in [-0.2, 0) is 11.5 Å². The predicted molar refractivity (Wildman–Crippen MR) is 83.8 cm³/mol. The smallest absolute Gasteiger partial charge is 0.161 e. The first kappa shape index (κ1) is 14.5. The molecule has 90 valence electrons. The molecular formula is C12H19ClS2Si. The lowest BCUT2D eigenvalue weighted by atomic mass is 10.1. The molecule has 0 amide bonds. The summed E-state index contributed by atoms with van der Waals surface area (Å²) in [6.07, 6.45) is 4.29. The summed E-state index contributed by atoms with van der Waals surface area (Å²) in [5, 5.41) is 1.46. The van der Waals surface area contributed by atoms with Gasteiger partial charge in [-0.3, -0.25) is 0 Å². The zero-order chi connectivity index (χ0) is 12.2. The Morgan fingerprint density at radius 1 is 1.06 bits per heavy atom. The van der Waals surface area contributed by atoms with E-state index in [2.05, 4.69) is 43.8 Å². The Labute approximate surface area is 113 Å². The van der Waals surface area contributed by atoms with Gasteiger partial charge in [0.15, 0.2) is 7.38 Å². The summed E-state index contributed by atoms with van der Waals surface area (Å²) in [6, 6.07) is 6.62. The molecule has 0 aromatic heterocycles. The van der Waals surface area contributed by atoms with Crippen molar-refractivity contribution in [2.75, 3.05) is 12.5 Å². The highest BCUT2D eigenvalue weighted by atomic mass is 35.6. The van der Waals surface area contributed by atoms with Crippen LogP contribution >= 0.6 is 34.6 Å². The highest BCUT2D eigenvalue weighted by Gasteiger charge is 2.26. The van der Waals surface area contributed by atoms with Crippen molar-refractivity contribution in [3.63, 3.8) is 0 Å². The standard InChI is InChI=1S/C12H19ClS2Si/c1-14-8-10-6-5-7-11(9-15-2)12(10)16(3,4)13/h5-7H,8-9H2,1-4H3. The van der Waals surface area contributed by atoms with Gasteiger partial charge < -0.3 is 0 Å². The number of hydrogen-bond acceptors (Lipinski definition) is 2. The Balaban J connectivity index is 3.23. The van der Waals surface area contributed by atoms with Crippen LogP contribution in [-0.4, -0.2) is 19.9 Å². The fourth-order valence-electron chi connectivity index (χ4n) is 1.97. The van der Waals surface area contributed by atoms with E-state index in [0.29, 0.717) is 0 Å². The largest absolute Gasteiger partial charge is 0.181 e. The SMILES string of the molecule is CSCc1cccc(CSC)c1[Si](C)(C)Cl. The van der Waals surface area contributed by atoms with Crippen LogP contribution in [0.3, 0.4) is 0 Å². The molecule has 0 fully saturated rings. The van der Waals surface area contributed by atoms with Crippen LogP contribution in [0.25, 0.3) is 0 Å². The second-order valence-corrected chi connectivity index (χ2v) is 12.3. The maximum Gasteiger partial charge on any atom is 0.181 e. The molecule has 4 heteroatoms. The van der Waals surface area contributed by atoms with Crippen molar-refractivity contribution in [3.8, 4) is 0 Å². The zero-order valence-corrected chi connectivity index (χ0v) is 13.7. The summed E-state index contributed by atoms with van der Waals surface area (Å²) in [4.78, 5) is 0. The van der Waals surface area contributed by atoms with E-state index in [1.807, 2.05) is 23.5 Å². The molecular weight excluding hydrogens is 272 g/mol. The van der Waals surface area contributed by atoms with E-state index in [1.165, 1.54) is 16.3 Å². The molecule has 16 heavy (non-hydrogen) atoms. The molecule has 0 aliphatic heterocycles. The van der Waals surface area contributed by atoms with Crippen LogP contribution in [0.4, 0.5) is 0 Å². The molecule has 0 unspecified atom stereocenters. The molecule has 0 aliphatic rings. The summed E-state index contributed by atoms with van der Waals surface area (Å²) in [5.74, 6) is 2.14. The average molecular weight is 291 g/mol. The molecule has 0 nitrogen and oxygen atoms in total. The van der Waals surface area contributed by atoms with Crippen molar-refractivity contribution in [1.82, 2.24) is 0 Å². The van der Waals surface area contributed by atoms with E-state index in [-0.39, 0.29) is 0 Å². The van der Waals surface area contributed by atoms with E-state index in [1.54, 1.807) is 0 Å². The van der Waals surface area contributed by atoms with Crippen molar-refractivity contribution < 1.29 is 0 Å². The van der Waals surface area contributed by atoms with Gasteiger partial charge in [-0.15, -0.1) is 0 Å². The third-order valence-corrected chi connectivity index (χ3v) is 6.03. The Morgan fingerprint density at radius 2 is 1.50 bits per heavy atom. The third-order valence-electron chi connectivity index (χ3n) is 2.43. The highest BCUT2D eigenvalue weighted by Crippen LogP contribution is 2.20. The maximum absolute atomic E-state index is 6.66. The van der Waals surface area contributed by atoms with Crippen molar-refractivity contribution in [1.29, 1.82) is 0 Å². The van der Waals surface area contributed by atoms with Crippen LogP contribution in [0.1, 0.15) is 11.1 Å². The number of halogens is 1. The number of rotatable bonds is 5. The van der Waals surface area contributed by atoms with E-state index >= 15 is 0 Å². The summed E-state index contributed by atoms with van der Waals surface area (Å²) in [5.41, 5.74) is 2.87. The van der Waals surface area contributed by atoms with Crippen LogP contribution in [0.2, 0.25) is 13.1 Å². The summed E-state index contributed by atoms with van der Waals surface area (Å²) in [6.45, 7) is 4.44. The quantitative estimate of drug-likeness (QED) is 0.592. The molecule has 1 aromatic carbocycles. The van der Waals surface area contributed by atoms with Gasteiger partial charge in [-0.25, -0.2) is 0 Å². The molecule has 0 radical (unpaired) electrons. The van der Waals surface area contributed by atoms with Crippen LogP contribution < -0.4 is 5.19 Å². The van der Waals surface area contributed by atoms with E-state index in [0.717, 1.165) is 11.5 Å². The molecule has 0 heterocycles. The van der Waals surface area contributed by atoms with Gasteiger partial charge in [-0.1, -0.05) is 31.3 Å². The minimum absolute atomic E-state index is 1.07. The van der Waals surface area contributed by atoms with Gasteiger partial charge in [0.2, 0.25) is 0 Å². The highest BCUT2D eigenvalue weighted by molar-refractivity contribution is 7.98. The summed E-state index contributed by atoms with van der Waals surface area (Å²) < 4.78 is 0. The molecule has 0 N–H and O–H groups in total. The van der Waals surface area contributed by atoms with E-state index < -0.39 is 7.38 Å². The van der Waals surface area contributed by atoms with Gasteiger partial charge in [-0.2, -0.15) is 34.6 Å². The maximum atomic E-state index is 6.66. The minimum atomic E-state index is -1.75. The molecule has 0 bridgehead atoms. The molecule has 0 aliphatic carbocycles.